The number of hydrogen-bond acceptors (Lipinski definition) is 6. The third kappa shape index (κ3) is 3.29. The van der Waals surface area contributed by atoms with Crippen molar-refractivity contribution in [2.75, 3.05) is 31.1 Å². The standard InChI is InChI=1S/C17H17FN4O2S2/c18-13-4-1-5-14(12-13)26(23,24)22-9-3-8-21(10-11-22)17-20-15-6-2-7-19-16(15)25-17/h1-2,4-7,12H,3,8-11H2. The smallest absolute Gasteiger partial charge is 0.243 e. The van der Waals surface area contributed by atoms with Gasteiger partial charge in [-0.1, -0.05) is 17.4 Å². The van der Waals surface area contributed by atoms with Gasteiger partial charge in [0, 0.05) is 32.4 Å². The molecule has 4 rings (SSSR count). The van der Waals surface area contributed by atoms with Gasteiger partial charge in [-0.15, -0.1) is 0 Å². The molecule has 1 aliphatic rings. The number of sulfonamides is 1. The summed E-state index contributed by atoms with van der Waals surface area (Å²) in [6, 6.07) is 8.92. The highest BCUT2D eigenvalue weighted by atomic mass is 32.2. The number of pyridine rings is 1. The van der Waals surface area contributed by atoms with Gasteiger partial charge in [0.1, 0.15) is 16.2 Å². The molecule has 0 saturated carbocycles. The van der Waals surface area contributed by atoms with E-state index in [1.165, 1.54) is 33.8 Å². The van der Waals surface area contributed by atoms with E-state index in [9.17, 15) is 12.8 Å². The number of thiazole rings is 1. The second-order valence-corrected chi connectivity index (χ2v) is 8.92. The monoisotopic (exact) mass is 392 g/mol. The minimum Gasteiger partial charge on any atom is -0.347 e. The van der Waals surface area contributed by atoms with Crippen LogP contribution in [-0.4, -0.2) is 48.9 Å². The molecule has 136 valence electrons. The zero-order valence-electron chi connectivity index (χ0n) is 13.9. The van der Waals surface area contributed by atoms with Gasteiger partial charge < -0.3 is 4.90 Å². The van der Waals surface area contributed by atoms with Crippen molar-refractivity contribution in [3.8, 4) is 0 Å². The molecule has 2 aromatic heterocycles. The van der Waals surface area contributed by atoms with Gasteiger partial charge in [0.15, 0.2) is 5.13 Å². The minimum atomic E-state index is -3.70. The molecule has 0 atom stereocenters. The van der Waals surface area contributed by atoms with Gasteiger partial charge in [0.05, 0.1) is 4.90 Å². The fraction of sp³-hybridized carbons (Fsp3) is 0.294. The lowest BCUT2D eigenvalue weighted by Crippen LogP contribution is -2.35. The van der Waals surface area contributed by atoms with E-state index in [0.29, 0.717) is 26.1 Å². The van der Waals surface area contributed by atoms with Crippen molar-refractivity contribution in [2.24, 2.45) is 0 Å². The van der Waals surface area contributed by atoms with E-state index in [0.717, 1.165) is 28.1 Å². The zero-order valence-corrected chi connectivity index (χ0v) is 15.5. The van der Waals surface area contributed by atoms with E-state index >= 15 is 0 Å². The van der Waals surface area contributed by atoms with Crippen molar-refractivity contribution < 1.29 is 12.8 Å². The predicted octanol–water partition coefficient (Wildman–Crippen LogP) is 2.73. The Bertz CT molecular complexity index is 1000. The molecule has 6 nitrogen and oxygen atoms in total. The summed E-state index contributed by atoms with van der Waals surface area (Å²) in [6.07, 6.45) is 2.41. The van der Waals surface area contributed by atoms with E-state index in [1.54, 1.807) is 6.20 Å². The van der Waals surface area contributed by atoms with Gasteiger partial charge in [0.25, 0.3) is 0 Å². The van der Waals surface area contributed by atoms with Crippen LogP contribution in [-0.2, 0) is 10.0 Å². The third-order valence-electron chi connectivity index (χ3n) is 4.31. The molecule has 0 unspecified atom stereocenters. The van der Waals surface area contributed by atoms with Crippen LogP contribution in [0.3, 0.4) is 0 Å². The van der Waals surface area contributed by atoms with Gasteiger partial charge in [-0.25, -0.2) is 22.8 Å². The number of rotatable bonds is 3. The SMILES string of the molecule is O=S(=O)(c1cccc(F)c1)N1CCCN(c2nc3cccnc3s2)CC1. The van der Waals surface area contributed by atoms with Crippen molar-refractivity contribution in [2.45, 2.75) is 11.3 Å². The van der Waals surface area contributed by atoms with Crippen LogP contribution in [0, 0.1) is 5.82 Å². The molecule has 0 bridgehead atoms. The summed E-state index contributed by atoms with van der Waals surface area (Å²) < 4.78 is 40.4. The topological polar surface area (TPSA) is 66.4 Å². The molecular weight excluding hydrogens is 375 g/mol. The fourth-order valence-electron chi connectivity index (χ4n) is 3.00. The summed E-state index contributed by atoms with van der Waals surface area (Å²) in [5.41, 5.74) is 0.848. The summed E-state index contributed by atoms with van der Waals surface area (Å²) in [5.74, 6) is -0.551. The summed E-state index contributed by atoms with van der Waals surface area (Å²) >= 11 is 1.51. The first-order chi connectivity index (χ1) is 12.5. The van der Waals surface area contributed by atoms with E-state index < -0.39 is 15.8 Å². The van der Waals surface area contributed by atoms with Gasteiger partial charge in [-0.2, -0.15) is 4.31 Å². The Balaban J connectivity index is 1.54. The molecule has 1 aromatic carbocycles. The van der Waals surface area contributed by atoms with E-state index in [2.05, 4.69) is 14.9 Å². The van der Waals surface area contributed by atoms with Crippen molar-refractivity contribution in [3.63, 3.8) is 0 Å². The normalized spacial score (nSPS) is 16.7. The predicted molar refractivity (Wildman–Crippen MR) is 99.4 cm³/mol. The van der Waals surface area contributed by atoms with Gasteiger partial charge in [-0.05, 0) is 36.8 Å². The highest BCUT2D eigenvalue weighted by Crippen LogP contribution is 2.28. The van der Waals surface area contributed by atoms with Crippen molar-refractivity contribution >= 4 is 36.8 Å². The van der Waals surface area contributed by atoms with Gasteiger partial charge in [-0.3, -0.25) is 0 Å². The maximum absolute atomic E-state index is 13.4. The Morgan fingerprint density at radius 2 is 1.96 bits per heavy atom. The molecule has 0 spiro atoms. The summed E-state index contributed by atoms with van der Waals surface area (Å²) in [5, 5.41) is 0.851. The lowest BCUT2D eigenvalue weighted by molar-refractivity contribution is 0.432. The first-order valence-corrected chi connectivity index (χ1v) is 10.5. The largest absolute Gasteiger partial charge is 0.347 e. The molecular formula is C17H17FN4O2S2. The zero-order chi connectivity index (χ0) is 18.1. The van der Waals surface area contributed by atoms with Crippen molar-refractivity contribution in [1.29, 1.82) is 0 Å². The molecule has 9 heteroatoms. The average molecular weight is 392 g/mol. The Morgan fingerprint density at radius 1 is 1.08 bits per heavy atom. The molecule has 0 amide bonds. The summed E-state index contributed by atoms with van der Waals surface area (Å²) in [4.78, 5) is 11.9. The lowest BCUT2D eigenvalue weighted by Gasteiger charge is -2.21. The maximum Gasteiger partial charge on any atom is 0.243 e. The number of hydrogen-bond donors (Lipinski definition) is 0. The number of fused-ring (bicyclic) bond motifs is 1. The molecule has 0 N–H and O–H groups in total. The second kappa shape index (κ2) is 6.90. The molecule has 0 radical (unpaired) electrons. The Kier molecular flexibility index (Phi) is 4.60. The van der Waals surface area contributed by atoms with Crippen molar-refractivity contribution in [1.82, 2.24) is 14.3 Å². The van der Waals surface area contributed by atoms with Crippen LogP contribution in [0.2, 0.25) is 0 Å². The maximum atomic E-state index is 13.4. The summed E-state index contributed by atoms with van der Waals surface area (Å²) in [6.45, 7) is 1.99. The molecule has 1 fully saturated rings. The fourth-order valence-corrected chi connectivity index (χ4v) is 5.46. The Hall–Kier alpha value is -2.10. The average Bonchev–Trinajstić information content (AvgIpc) is 2.90. The van der Waals surface area contributed by atoms with Crippen LogP contribution >= 0.6 is 11.3 Å². The van der Waals surface area contributed by atoms with Crippen LogP contribution in [0.4, 0.5) is 9.52 Å². The van der Waals surface area contributed by atoms with Crippen LogP contribution in [0.1, 0.15) is 6.42 Å². The van der Waals surface area contributed by atoms with E-state index in [1.807, 2.05) is 12.1 Å². The number of benzene rings is 1. The van der Waals surface area contributed by atoms with E-state index in [4.69, 9.17) is 0 Å². The Morgan fingerprint density at radius 3 is 2.77 bits per heavy atom. The highest BCUT2D eigenvalue weighted by Gasteiger charge is 2.28. The summed E-state index contributed by atoms with van der Waals surface area (Å²) in [7, 11) is -3.70. The second-order valence-electron chi connectivity index (χ2n) is 6.03. The third-order valence-corrected chi connectivity index (χ3v) is 7.25. The van der Waals surface area contributed by atoms with Gasteiger partial charge >= 0.3 is 0 Å². The Labute approximate surface area is 155 Å². The first-order valence-electron chi connectivity index (χ1n) is 8.26. The van der Waals surface area contributed by atoms with Crippen LogP contribution < -0.4 is 4.90 Å². The number of halogens is 1. The molecule has 3 aromatic rings. The molecule has 3 heterocycles. The van der Waals surface area contributed by atoms with Crippen LogP contribution in [0.5, 0.6) is 0 Å². The minimum absolute atomic E-state index is 0.00450. The van der Waals surface area contributed by atoms with Crippen LogP contribution in [0.25, 0.3) is 10.3 Å². The van der Waals surface area contributed by atoms with Crippen LogP contribution in [0.15, 0.2) is 47.5 Å². The number of anilines is 1. The quantitative estimate of drug-likeness (QED) is 0.686. The number of nitrogens with zero attached hydrogens (tertiary/aromatic N) is 4. The lowest BCUT2D eigenvalue weighted by atomic mass is 10.4. The highest BCUT2D eigenvalue weighted by molar-refractivity contribution is 7.89. The molecule has 1 saturated heterocycles. The van der Waals surface area contributed by atoms with E-state index in [-0.39, 0.29) is 4.90 Å². The molecule has 26 heavy (non-hydrogen) atoms. The molecule has 0 aliphatic carbocycles. The number of aromatic nitrogens is 2. The van der Waals surface area contributed by atoms with Crippen molar-refractivity contribution in [3.05, 3.63) is 48.4 Å². The molecule has 1 aliphatic heterocycles. The first kappa shape index (κ1) is 17.3. The van der Waals surface area contributed by atoms with Gasteiger partial charge in [0.2, 0.25) is 10.0 Å².